The predicted molar refractivity (Wildman–Crippen MR) is 98.2 cm³/mol. The smallest absolute Gasteiger partial charge is 0.233 e. The molecule has 1 heterocycles. The molecule has 1 fully saturated rings. The first-order valence-electron chi connectivity index (χ1n) is 9.14. The summed E-state index contributed by atoms with van der Waals surface area (Å²) in [6, 6.07) is 7.22. The number of nitrogens with zero attached hydrogens (tertiary/aromatic N) is 1. The minimum Gasteiger partial charge on any atom is -0.497 e. The van der Waals surface area contributed by atoms with Gasteiger partial charge in [-0.2, -0.15) is 0 Å². The van der Waals surface area contributed by atoms with Crippen molar-refractivity contribution in [2.24, 2.45) is 11.8 Å². The molecule has 2 atom stereocenters. The average Bonchev–Trinajstić information content (AvgIpc) is 2.94. The molecule has 2 aliphatic rings. The molecule has 1 aliphatic heterocycles. The lowest BCUT2D eigenvalue weighted by molar-refractivity contribution is -0.140. The second-order valence-corrected chi connectivity index (χ2v) is 6.61. The lowest BCUT2D eigenvalue weighted by atomic mass is 9.85. The molecular formula is C20H24N2O5. The van der Waals surface area contributed by atoms with E-state index in [0.29, 0.717) is 37.5 Å². The van der Waals surface area contributed by atoms with Crippen LogP contribution in [0.3, 0.4) is 0 Å². The highest BCUT2D eigenvalue weighted by Gasteiger charge is 2.46. The third-order valence-corrected chi connectivity index (χ3v) is 4.90. The normalized spacial score (nSPS) is 21.1. The average molecular weight is 372 g/mol. The molecule has 1 N–H and O–H groups in total. The van der Waals surface area contributed by atoms with Crippen LogP contribution in [-0.4, -0.2) is 49.4 Å². The van der Waals surface area contributed by atoms with E-state index in [0.717, 1.165) is 0 Å². The van der Waals surface area contributed by atoms with Crippen LogP contribution >= 0.6 is 0 Å². The molecule has 0 radical (unpaired) electrons. The zero-order chi connectivity index (χ0) is 19.2. The molecule has 7 nitrogen and oxygen atoms in total. The first-order valence-corrected chi connectivity index (χ1v) is 9.14. The van der Waals surface area contributed by atoms with Crippen molar-refractivity contribution in [2.45, 2.75) is 19.3 Å². The Kier molecular flexibility index (Phi) is 6.11. The van der Waals surface area contributed by atoms with E-state index in [-0.39, 0.29) is 42.5 Å². The summed E-state index contributed by atoms with van der Waals surface area (Å²) in [6.45, 7) is 0.788. The Hall–Kier alpha value is -2.83. The quantitative estimate of drug-likeness (QED) is 0.425. The van der Waals surface area contributed by atoms with Gasteiger partial charge in [-0.1, -0.05) is 18.2 Å². The molecule has 0 spiro atoms. The predicted octanol–water partition coefficient (Wildman–Crippen LogP) is 1.53. The lowest BCUT2D eigenvalue weighted by Crippen LogP contribution is -2.36. The van der Waals surface area contributed by atoms with Gasteiger partial charge in [0.1, 0.15) is 18.1 Å². The van der Waals surface area contributed by atoms with Crippen molar-refractivity contribution in [2.75, 3.05) is 26.8 Å². The third kappa shape index (κ3) is 4.48. The minimum absolute atomic E-state index is 0.101. The van der Waals surface area contributed by atoms with Gasteiger partial charge < -0.3 is 14.8 Å². The van der Waals surface area contributed by atoms with Crippen molar-refractivity contribution in [1.82, 2.24) is 10.2 Å². The Morgan fingerprint density at radius 1 is 1.15 bits per heavy atom. The van der Waals surface area contributed by atoms with Gasteiger partial charge in [0, 0.05) is 19.0 Å². The highest BCUT2D eigenvalue weighted by Crippen LogP contribution is 2.34. The molecular weight excluding hydrogens is 348 g/mol. The van der Waals surface area contributed by atoms with Crippen molar-refractivity contribution in [3.63, 3.8) is 0 Å². The summed E-state index contributed by atoms with van der Waals surface area (Å²) in [5, 5.41) is 2.74. The van der Waals surface area contributed by atoms with Gasteiger partial charge in [-0.05, 0) is 25.0 Å². The number of allylic oxidation sites excluding steroid dienone is 2. The highest BCUT2D eigenvalue weighted by molar-refractivity contribution is 6.05. The van der Waals surface area contributed by atoms with E-state index >= 15 is 0 Å². The topological polar surface area (TPSA) is 84.9 Å². The maximum Gasteiger partial charge on any atom is 0.233 e. The first-order chi connectivity index (χ1) is 13.1. The summed E-state index contributed by atoms with van der Waals surface area (Å²) in [7, 11) is 1.58. The lowest BCUT2D eigenvalue weighted by Gasteiger charge is -2.14. The number of hydrogen-bond donors (Lipinski definition) is 1. The van der Waals surface area contributed by atoms with Crippen LogP contribution in [0, 0.1) is 11.8 Å². The minimum atomic E-state index is -0.248. The first kappa shape index (κ1) is 18.9. The number of hydrogen-bond acceptors (Lipinski definition) is 5. The summed E-state index contributed by atoms with van der Waals surface area (Å²) in [4.78, 5) is 37.9. The van der Waals surface area contributed by atoms with E-state index in [1.165, 1.54) is 4.90 Å². The maximum absolute atomic E-state index is 12.3. The van der Waals surface area contributed by atoms with E-state index in [9.17, 15) is 14.4 Å². The molecule has 1 aromatic rings. The van der Waals surface area contributed by atoms with E-state index in [1.54, 1.807) is 13.2 Å². The Morgan fingerprint density at radius 3 is 2.48 bits per heavy atom. The van der Waals surface area contributed by atoms with Crippen LogP contribution < -0.4 is 14.8 Å². The van der Waals surface area contributed by atoms with Crippen LogP contribution in [0.1, 0.15) is 19.3 Å². The Morgan fingerprint density at radius 2 is 1.81 bits per heavy atom. The molecule has 27 heavy (non-hydrogen) atoms. The van der Waals surface area contributed by atoms with Crippen molar-refractivity contribution >= 4 is 17.7 Å². The summed E-state index contributed by atoms with van der Waals surface area (Å²) in [6.07, 6.45) is 5.22. The monoisotopic (exact) mass is 372 g/mol. The van der Waals surface area contributed by atoms with E-state index in [2.05, 4.69) is 5.32 Å². The fraction of sp³-hybridized carbons (Fsp3) is 0.450. The van der Waals surface area contributed by atoms with Crippen LogP contribution in [0.4, 0.5) is 0 Å². The number of imide groups is 1. The second-order valence-electron chi connectivity index (χ2n) is 6.61. The zero-order valence-corrected chi connectivity index (χ0v) is 15.3. The number of carbonyl (C=O) groups is 3. The number of benzene rings is 1. The number of ether oxygens (including phenoxy) is 2. The van der Waals surface area contributed by atoms with Crippen LogP contribution in [-0.2, 0) is 14.4 Å². The molecule has 7 heteroatoms. The molecule has 3 amide bonds. The van der Waals surface area contributed by atoms with Gasteiger partial charge in [0.15, 0.2) is 0 Å². The Balaban J connectivity index is 1.37. The van der Waals surface area contributed by atoms with E-state index in [1.807, 2.05) is 30.4 Å². The number of carbonyl (C=O) groups excluding carboxylic acids is 3. The summed E-state index contributed by atoms with van der Waals surface area (Å²) >= 11 is 0. The molecule has 144 valence electrons. The number of amides is 3. The molecule has 0 unspecified atom stereocenters. The maximum atomic E-state index is 12.3. The highest BCUT2D eigenvalue weighted by atomic mass is 16.5. The van der Waals surface area contributed by atoms with Gasteiger partial charge in [0.25, 0.3) is 0 Å². The van der Waals surface area contributed by atoms with Crippen LogP contribution in [0.2, 0.25) is 0 Å². The van der Waals surface area contributed by atoms with Gasteiger partial charge in [-0.25, -0.2) is 0 Å². The number of rotatable bonds is 8. The number of likely N-dealkylation sites (tertiary alicyclic amines) is 1. The number of methoxy groups -OCH3 is 1. The standard InChI is InChI=1S/C20H24N2O5/c1-26-14-5-4-6-15(13-14)27-12-10-21-18(23)9-11-22-19(24)16-7-2-3-8-17(16)20(22)25/h2-6,13,16-17H,7-12H2,1H3,(H,21,23)/t16-,17+. The fourth-order valence-corrected chi connectivity index (χ4v) is 3.44. The molecule has 0 saturated carbocycles. The number of fused-ring (bicyclic) bond motifs is 1. The fourth-order valence-electron chi connectivity index (χ4n) is 3.44. The van der Waals surface area contributed by atoms with E-state index in [4.69, 9.17) is 9.47 Å². The molecule has 1 saturated heterocycles. The molecule has 1 aromatic carbocycles. The van der Waals surface area contributed by atoms with Crippen LogP contribution in [0.5, 0.6) is 11.5 Å². The van der Waals surface area contributed by atoms with Crippen molar-refractivity contribution in [1.29, 1.82) is 0 Å². The summed E-state index contributed by atoms with van der Waals surface area (Å²) in [5.41, 5.74) is 0. The van der Waals surface area contributed by atoms with Gasteiger partial charge in [-0.15, -0.1) is 0 Å². The summed E-state index contributed by atoms with van der Waals surface area (Å²) in [5.74, 6) is 0.355. The SMILES string of the molecule is COc1cccc(OCCNC(=O)CCN2C(=O)[C@H]3CC=CC[C@H]3C2=O)c1. The van der Waals surface area contributed by atoms with Gasteiger partial charge >= 0.3 is 0 Å². The van der Waals surface area contributed by atoms with Crippen LogP contribution in [0.15, 0.2) is 36.4 Å². The Labute approximate surface area is 158 Å². The number of nitrogens with one attached hydrogen (secondary N) is 1. The second kappa shape index (κ2) is 8.70. The molecule has 0 aromatic heterocycles. The van der Waals surface area contributed by atoms with Gasteiger partial charge in [0.2, 0.25) is 17.7 Å². The zero-order valence-electron chi connectivity index (χ0n) is 15.3. The van der Waals surface area contributed by atoms with Gasteiger partial charge in [-0.3, -0.25) is 19.3 Å². The van der Waals surface area contributed by atoms with Crippen molar-refractivity contribution in [3.05, 3.63) is 36.4 Å². The Bertz CT molecular complexity index is 720. The van der Waals surface area contributed by atoms with E-state index < -0.39 is 0 Å². The largest absolute Gasteiger partial charge is 0.497 e. The van der Waals surface area contributed by atoms with Gasteiger partial charge in [0.05, 0.1) is 25.5 Å². The molecule has 0 bridgehead atoms. The third-order valence-electron chi connectivity index (χ3n) is 4.90. The van der Waals surface area contributed by atoms with Crippen molar-refractivity contribution in [3.8, 4) is 11.5 Å². The van der Waals surface area contributed by atoms with Crippen LogP contribution in [0.25, 0.3) is 0 Å². The molecule has 3 rings (SSSR count). The van der Waals surface area contributed by atoms with Crippen molar-refractivity contribution < 1.29 is 23.9 Å². The summed E-state index contributed by atoms with van der Waals surface area (Å²) < 4.78 is 10.7. The molecule has 1 aliphatic carbocycles.